The van der Waals surface area contributed by atoms with Crippen molar-refractivity contribution in [1.82, 2.24) is 9.78 Å². The zero-order valence-corrected chi connectivity index (χ0v) is 12.7. The van der Waals surface area contributed by atoms with Crippen LogP contribution < -0.4 is 11.1 Å². The smallest absolute Gasteiger partial charge is 0.224 e. The van der Waals surface area contributed by atoms with Crippen LogP contribution in [-0.4, -0.2) is 15.7 Å². The van der Waals surface area contributed by atoms with Crippen molar-refractivity contribution in [2.24, 2.45) is 12.8 Å². The molecule has 2 heterocycles. The Morgan fingerprint density at radius 1 is 1.45 bits per heavy atom. The van der Waals surface area contributed by atoms with Crippen LogP contribution in [0.25, 0.3) is 11.3 Å². The van der Waals surface area contributed by atoms with Gasteiger partial charge in [0.15, 0.2) is 0 Å². The number of rotatable bonds is 2. The van der Waals surface area contributed by atoms with Gasteiger partial charge in [-0.3, -0.25) is 9.48 Å². The SMILES string of the molecule is Cn1nc(CN)c(Br)c1-c1ccc2c(c1)CCC(=O)N2. The van der Waals surface area contributed by atoms with E-state index in [1.165, 1.54) is 0 Å². The minimum atomic E-state index is 0.0809. The van der Waals surface area contributed by atoms with E-state index in [1.54, 1.807) is 0 Å². The Hall–Kier alpha value is -1.66. The number of hydrogen-bond donors (Lipinski definition) is 2. The first-order chi connectivity index (χ1) is 9.60. The molecule has 1 aliphatic rings. The molecule has 0 fully saturated rings. The number of carbonyl (C=O) groups is 1. The standard InChI is InChI=1S/C14H15BrN4O/c1-19-14(13(15)11(7-16)18-19)9-2-4-10-8(6-9)3-5-12(20)17-10/h2,4,6H,3,5,7,16H2,1H3,(H,17,20). The predicted molar refractivity (Wildman–Crippen MR) is 81.2 cm³/mol. The van der Waals surface area contributed by atoms with Crippen molar-refractivity contribution in [1.29, 1.82) is 0 Å². The average molecular weight is 335 g/mol. The zero-order valence-electron chi connectivity index (χ0n) is 11.1. The maximum Gasteiger partial charge on any atom is 0.224 e. The van der Waals surface area contributed by atoms with Gasteiger partial charge < -0.3 is 11.1 Å². The molecule has 104 valence electrons. The molecule has 0 saturated heterocycles. The molecule has 1 aliphatic heterocycles. The second-order valence-electron chi connectivity index (χ2n) is 4.86. The van der Waals surface area contributed by atoms with E-state index in [4.69, 9.17) is 5.73 Å². The highest BCUT2D eigenvalue weighted by molar-refractivity contribution is 9.10. The lowest BCUT2D eigenvalue weighted by Gasteiger charge is -2.17. The number of nitrogens with one attached hydrogen (secondary N) is 1. The Kier molecular flexibility index (Phi) is 3.35. The number of nitrogens with zero attached hydrogens (tertiary/aromatic N) is 2. The zero-order chi connectivity index (χ0) is 14.3. The number of amides is 1. The summed E-state index contributed by atoms with van der Waals surface area (Å²) in [7, 11) is 1.90. The molecule has 3 rings (SSSR count). The number of hydrogen-bond acceptors (Lipinski definition) is 3. The van der Waals surface area contributed by atoms with Crippen LogP contribution in [-0.2, 0) is 24.8 Å². The lowest BCUT2D eigenvalue weighted by atomic mass is 9.99. The van der Waals surface area contributed by atoms with Crippen molar-refractivity contribution in [2.45, 2.75) is 19.4 Å². The summed E-state index contributed by atoms with van der Waals surface area (Å²) in [6.07, 6.45) is 1.31. The second-order valence-corrected chi connectivity index (χ2v) is 5.65. The molecule has 0 unspecified atom stereocenters. The summed E-state index contributed by atoms with van der Waals surface area (Å²) in [5, 5.41) is 7.30. The van der Waals surface area contributed by atoms with Gasteiger partial charge in [0.25, 0.3) is 0 Å². The minimum Gasteiger partial charge on any atom is -0.326 e. The average Bonchev–Trinajstić information content (AvgIpc) is 2.73. The molecule has 1 aromatic carbocycles. The topological polar surface area (TPSA) is 72.9 Å². The predicted octanol–water partition coefficient (Wildman–Crippen LogP) is 2.19. The third-order valence-electron chi connectivity index (χ3n) is 3.52. The van der Waals surface area contributed by atoms with Crippen molar-refractivity contribution in [3.05, 3.63) is 33.9 Å². The van der Waals surface area contributed by atoms with Crippen LogP contribution in [0, 0.1) is 0 Å². The van der Waals surface area contributed by atoms with E-state index in [2.05, 4.69) is 32.4 Å². The summed E-state index contributed by atoms with van der Waals surface area (Å²) < 4.78 is 2.76. The van der Waals surface area contributed by atoms with E-state index in [0.29, 0.717) is 13.0 Å². The first-order valence-corrected chi connectivity index (χ1v) is 7.24. The molecule has 2 aromatic rings. The number of halogens is 1. The third kappa shape index (κ3) is 2.14. The van der Waals surface area contributed by atoms with Gasteiger partial charge in [-0.15, -0.1) is 0 Å². The fourth-order valence-corrected chi connectivity index (χ4v) is 3.26. The van der Waals surface area contributed by atoms with E-state index in [-0.39, 0.29) is 5.91 Å². The second kappa shape index (κ2) is 5.03. The third-order valence-corrected chi connectivity index (χ3v) is 4.36. The molecular formula is C14H15BrN4O. The van der Waals surface area contributed by atoms with Crippen LogP contribution in [0.15, 0.2) is 22.7 Å². The van der Waals surface area contributed by atoms with E-state index < -0.39 is 0 Å². The van der Waals surface area contributed by atoms with Crippen LogP contribution in [0.1, 0.15) is 17.7 Å². The van der Waals surface area contributed by atoms with Crippen LogP contribution in [0.4, 0.5) is 5.69 Å². The van der Waals surface area contributed by atoms with Crippen molar-refractivity contribution in [3.8, 4) is 11.3 Å². The maximum absolute atomic E-state index is 11.4. The molecule has 0 spiro atoms. The Balaban J connectivity index is 2.08. The van der Waals surface area contributed by atoms with Crippen molar-refractivity contribution < 1.29 is 4.79 Å². The first kappa shape index (κ1) is 13.3. The van der Waals surface area contributed by atoms with Gasteiger partial charge in [0.1, 0.15) is 0 Å². The summed E-state index contributed by atoms with van der Waals surface area (Å²) >= 11 is 3.57. The van der Waals surface area contributed by atoms with Gasteiger partial charge in [0, 0.05) is 31.3 Å². The van der Waals surface area contributed by atoms with E-state index in [0.717, 1.165) is 39.1 Å². The van der Waals surface area contributed by atoms with Gasteiger partial charge >= 0.3 is 0 Å². The minimum absolute atomic E-state index is 0.0809. The van der Waals surface area contributed by atoms with Gasteiger partial charge in [-0.05, 0) is 40.0 Å². The lowest BCUT2D eigenvalue weighted by molar-refractivity contribution is -0.116. The highest BCUT2D eigenvalue weighted by atomic mass is 79.9. The quantitative estimate of drug-likeness (QED) is 0.884. The summed E-state index contributed by atoms with van der Waals surface area (Å²) in [5.74, 6) is 0.0809. The lowest BCUT2D eigenvalue weighted by Crippen LogP contribution is -2.18. The number of anilines is 1. The molecule has 0 bridgehead atoms. The van der Waals surface area contributed by atoms with Crippen LogP contribution in [0.5, 0.6) is 0 Å². The molecule has 20 heavy (non-hydrogen) atoms. The Labute approximate surface area is 125 Å². The van der Waals surface area contributed by atoms with Crippen molar-refractivity contribution in [3.63, 3.8) is 0 Å². The summed E-state index contributed by atoms with van der Waals surface area (Å²) in [6, 6.07) is 6.05. The molecule has 5 nitrogen and oxygen atoms in total. The Morgan fingerprint density at radius 3 is 2.95 bits per heavy atom. The molecule has 0 saturated carbocycles. The fraction of sp³-hybridized carbons (Fsp3) is 0.286. The molecular weight excluding hydrogens is 320 g/mol. The highest BCUT2D eigenvalue weighted by Gasteiger charge is 2.18. The Bertz CT molecular complexity index is 693. The van der Waals surface area contributed by atoms with Crippen LogP contribution in [0.3, 0.4) is 0 Å². The first-order valence-electron chi connectivity index (χ1n) is 6.44. The summed E-state index contributed by atoms with van der Waals surface area (Å²) in [5.41, 5.74) is 10.7. The highest BCUT2D eigenvalue weighted by Crippen LogP contribution is 2.34. The van der Waals surface area contributed by atoms with Gasteiger partial charge in [0.2, 0.25) is 5.91 Å². The molecule has 3 N–H and O–H groups in total. The van der Waals surface area contributed by atoms with E-state index >= 15 is 0 Å². The van der Waals surface area contributed by atoms with Gasteiger partial charge in [0.05, 0.1) is 15.9 Å². The number of benzene rings is 1. The monoisotopic (exact) mass is 334 g/mol. The number of fused-ring (bicyclic) bond motifs is 1. The van der Waals surface area contributed by atoms with E-state index in [1.807, 2.05) is 23.9 Å². The normalized spacial score (nSPS) is 14.1. The largest absolute Gasteiger partial charge is 0.326 e. The number of carbonyl (C=O) groups excluding carboxylic acids is 1. The van der Waals surface area contributed by atoms with E-state index in [9.17, 15) is 4.79 Å². The molecule has 0 radical (unpaired) electrons. The number of aromatic nitrogens is 2. The van der Waals surface area contributed by atoms with Crippen LogP contribution >= 0.6 is 15.9 Å². The number of aryl methyl sites for hydroxylation is 2. The molecule has 0 aliphatic carbocycles. The van der Waals surface area contributed by atoms with Crippen molar-refractivity contribution >= 4 is 27.5 Å². The van der Waals surface area contributed by atoms with Gasteiger partial charge in [-0.25, -0.2) is 0 Å². The van der Waals surface area contributed by atoms with Crippen molar-refractivity contribution in [2.75, 3.05) is 5.32 Å². The number of nitrogens with two attached hydrogens (primary N) is 1. The summed E-state index contributed by atoms with van der Waals surface area (Å²) in [4.78, 5) is 11.4. The molecule has 0 atom stereocenters. The van der Waals surface area contributed by atoms with Crippen LogP contribution in [0.2, 0.25) is 0 Å². The summed E-state index contributed by atoms with van der Waals surface area (Å²) in [6.45, 7) is 0.398. The van der Waals surface area contributed by atoms with Gasteiger partial charge in [-0.1, -0.05) is 6.07 Å². The molecule has 1 amide bonds. The van der Waals surface area contributed by atoms with Gasteiger partial charge in [-0.2, -0.15) is 5.10 Å². The molecule has 1 aromatic heterocycles. The molecule has 6 heteroatoms. The Morgan fingerprint density at radius 2 is 2.25 bits per heavy atom. The maximum atomic E-state index is 11.4. The fourth-order valence-electron chi connectivity index (χ4n) is 2.53.